The fraction of sp³-hybridized carbons (Fsp3) is 0.385. The number of nitrogen functional groups attached to an aromatic ring is 1. The van der Waals surface area contributed by atoms with E-state index in [1.54, 1.807) is 19.2 Å². The number of nitrogens with one attached hydrogen (secondary N) is 1. The number of anilines is 1. The first-order chi connectivity index (χ1) is 9.19. The van der Waals surface area contributed by atoms with E-state index >= 15 is 0 Å². The number of rotatable bonds is 7. The van der Waals surface area contributed by atoms with Gasteiger partial charge in [0.15, 0.2) is 6.61 Å². The second-order valence-electron chi connectivity index (χ2n) is 3.80. The Labute approximate surface area is 112 Å². The van der Waals surface area contributed by atoms with Crippen molar-refractivity contribution in [3.63, 3.8) is 0 Å². The summed E-state index contributed by atoms with van der Waals surface area (Å²) < 4.78 is 10.0. The number of nitriles is 1. The van der Waals surface area contributed by atoms with Gasteiger partial charge in [-0.3, -0.25) is 4.79 Å². The quantitative estimate of drug-likeness (QED) is 0.563. The molecule has 1 aromatic carbocycles. The second kappa shape index (κ2) is 7.95. The van der Waals surface area contributed by atoms with Crippen LogP contribution in [-0.4, -0.2) is 32.8 Å². The van der Waals surface area contributed by atoms with Gasteiger partial charge in [0.1, 0.15) is 11.8 Å². The zero-order valence-corrected chi connectivity index (χ0v) is 10.8. The molecule has 0 atom stereocenters. The van der Waals surface area contributed by atoms with E-state index < -0.39 is 0 Å². The van der Waals surface area contributed by atoms with Crippen LogP contribution in [0.25, 0.3) is 0 Å². The van der Waals surface area contributed by atoms with Gasteiger partial charge in [0.2, 0.25) is 0 Å². The van der Waals surface area contributed by atoms with Crippen LogP contribution in [0, 0.1) is 11.3 Å². The van der Waals surface area contributed by atoms with Crippen molar-refractivity contribution in [2.45, 2.75) is 6.42 Å². The first-order valence-corrected chi connectivity index (χ1v) is 5.85. The van der Waals surface area contributed by atoms with Crippen LogP contribution >= 0.6 is 0 Å². The van der Waals surface area contributed by atoms with Crippen molar-refractivity contribution in [1.29, 1.82) is 5.26 Å². The molecule has 0 unspecified atom stereocenters. The van der Waals surface area contributed by atoms with Gasteiger partial charge in [-0.25, -0.2) is 0 Å². The van der Waals surface area contributed by atoms with Crippen LogP contribution in [0.4, 0.5) is 5.69 Å². The molecule has 0 fully saturated rings. The van der Waals surface area contributed by atoms with Gasteiger partial charge in [0.05, 0.1) is 5.69 Å². The topological polar surface area (TPSA) is 97.4 Å². The summed E-state index contributed by atoms with van der Waals surface area (Å²) in [6.07, 6.45) is 0.745. The second-order valence-corrected chi connectivity index (χ2v) is 3.80. The van der Waals surface area contributed by atoms with Gasteiger partial charge >= 0.3 is 0 Å². The zero-order chi connectivity index (χ0) is 14.1. The SMILES string of the molecule is COCCCNC(=O)c1ccc(N)c(OCC#N)c1. The van der Waals surface area contributed by atoms with Crippen molar-refractivity contribution >= 4 is 11.6 Å². The van der Waals surface area contributed by atoms with Gasteiger partial charge in [-0.1, -0.05) is 0 Å². The average Bonchev–Trinajstić information content (AvgIpc) is 2.42. The van der Waals surface area contributed by atoms with Crippen molar-refractivity contribution < 1.29 is 14.3 Å². The molecule has 0 aliphatic heterocycles. The summed E-state index contributed by atoms with van der Waals surface area (Å²) in [4.78, 5) is 11.8. The summed E-state index contributed by atoms with van der Waals surface area (Å²) in [7, 11) is 1.61. The Morgan fingerprint density at radius 2 is 2.32 bits per heavy atom. The lowest BCUT2D eigenvalue weighted by Crippen LogP contribution is -2.25. The number of hydrogen-bond acceptors (Lipinski definition) is 5. The van der Waals surface area contributed by atoms with E-state index in [-0.39, 0.29) is 12.5 Å². The summed E-state index contributed by atoms with van der Waals surface area (Å²) in [6.45, 7) is 1.02. The standard InChI is InChI=1S/C13H17N3O3/c1-18-7-2-6-16-13(17)10-3-4-11(15)12(9-10)19-8-5-14/h3-4,9H,2,6-8,15H2,1H3,(H,16,17). The first-order valence-electron chi connectivity index (χ1n) is 5.85. The third-order valence-corrected chi connectivity index (χ3v) is 2.38. The highest BCUT2D eigenvalue weighted by atomic mass is 16.5. The van der Waals surface area contributed by atoms with E-state index in [0.29, 0.717) is 30.2 Å². The summed E-state index contributed by atoms with van der Waals surface area (Å²) in [5.41, 5.74) is 6.53. The molecule has 3 N–H and O–H groups in total. The van der Waals surface area contributed by atoms with Gasteiger partial charge in [-0.2, -0.15) is 5.26 Å². The summed E-state index contributed by atoms with van der Waals surface area (Å²) in [6, 6.07) is 6.57. The Bertz CT molecular complexity index is 469. The summed E-state index contributed by atoms with van der Waals surface area (Å²) in [5.74, 6) is 0.129. The van der Waals surface area contributed by atoms with Crippen LogP contribution in [0.15, 0.2) is 18.2 Å². The summed E-state index contributed by atoms with van der Waals surface area (Å²) in [5, 5.41) is 11.2. The van der Waals surface area contributed by atoms with E-state index in [9.17, 15) is 4.79 Å². The number of carbonyl (C=O) groups excluding carboxylic acids is 1. The Balaban J connectivity index is 2.62. The van der Waals surface area contributed by atoms with E-state index in [1.165, 1.54) is 6.07 Å². The molecule has 0 aromatic heterocycles. The monoisotopic (exact) mass is 263 g/mol. The molecule has 0 saturated carbocycles. The average molecular weight is 263 g/mol. The van der Waals surface area contributed by atoms with E-state index in [0.717, 1.165) is 6.42 Å². The number of nitrogens with two attached hydrogens (primary N) is 1. The molecule has 0 aliphatic carbocycles. The summed E-state index contributed by atoms with van der Waals surface area (Å²) >= 11 is 0. The number of methoxy groups -OCH3 is 1. The minimum atomic E-state index is -0.210. The van der Waals surface area contributed by atoms with Crippen LogP contribution < -0.4 is 15.8 Å². The minimum absolute atomic E-state index is 0.108. The predicted molar refractivity (Wildman–Crippen MR) is 70.8 cm³/mol. The Morgan fingerprint density at radius 3 is 3.00 bits per heavy atom. The van der Waals surface area contributed by atoms with Gasteiger partial charge in [0.25, 0.3) is 5.91 Å². The Hall–Kier alpha value is -2.26. The highest BCUT2D eigenvalue weighted by molar-refractivity contribution is 5.95. The molecule has 0 aliphatic rings. The number of benzene rings is 1. The molecule has 0 heterocycles. The number of ether oxygens (including phenoxy) is 2. The maximum absolute atomic E-state index is 11.8. The predicted octanol–water partition coefficient (Wildman–Crippen LogP) is 0.937. The fourth-order valence-electron chi connectivity index (χ4n) is 1.43. The van der Waals surface area contributed by atoms with E-state index in [4.69, 9.17) is 20.5 Å². The van der Waals surface area contributed by atoms with Crippen molar-refractivity contribution in [2.24, 2.45) is 0 Å². The molecule has 6 nitrogen and oxygen atoms in total. The van der Waals surface area contributed by atoms with Crippen LogP contribution in [-0.2, 0) is 4.74 Å². The lowest BCUT2D eigenvalue weighted by molar-refractivity contribution is 0.0948. The van der Waals surface area contributed by atoms with Gasteiger partial charge in [-0.15, -0.1) is 0 Å². The molecular weight excluding hydrogens is 246 g/mol. The maximum atomic E-state index is 11.8. The molecule has 0 spiro atoms. The number of carbonyl (C=O) groups is 1. The van der Waals surface area contributed by atoms with Crippen LogP contribution in [0.1, 0.15) is 16.8 Å². The third kappa shape index (κ3) is 4.85. The number of amides is 1. The van der Waals surface area contributed by atoms with Crippen LogP contribution in [0.3, 0.4) is 0 Å². The smallest absolute Gasteiger partial charge is 0.251 e. The van der Waals surface area contributed by atoms with Gasteiger partial charge < -0.3 is 20.5 Å². The normalized spacial score (nSPS) is 9.68. The molecule has 19 heavy (non-hydrogen) atoms. The highest BCUT2D eigenvalue weighted by Crippen LogP contribution is 2.22. The Morgan fingerprint density at radius 1 is 1.53 bits per heavy atom. The molecule has 1 rings (SSSR count). The van der Waals surface area contributed by atoms with Gasteiger partial charge in [-0.05, 0) is 24.6 Å². The van der Waals surface area contributed by atoms with Crippen molar-refractivity contribution in [2.75, 3.05) is 32.6 Å². The maximum Gasteiger partial charge on any atom is 0.251 e. The highest BCUT2D eigenvalue weighted by Gasteiger charge is 2.08. The lowest BCUT2D eigenvalue weighted by Gasteiger charge is -2.09. The molecule has 102 valence electrons. The molecule has 1 aromatic rings. The first kappa shape index (κ1) is 14.8. The molecule has 0 radical (unpaired) electrons. The van der Waals surface area contributed by atoms with Crippen molar-refractivity contribution in [3.05, 3.63) is 23.8 Å². The largest absolute Gasteiger partial charge is 0.477 e. The third-order valence-electron chi connectivity index (χ3n) is 2.38. The van der Waals surface area contributed by atoms with Gasteiger partial charge in [0, 0.05) is 25.8 Å². The number of hydrogen-bond donors (Lipinski definition) is 2. The van der Waals surface area contributed by atoms with Crippen LogP contribution in [0.2, 0.25) is 0 Å². The molecule has 0 bridgehead atoms. The van der Waals surface area contributed by atoms with E-state index in [2.05, 4.69) is 5.32 Å². The van der Waals surface area contributed by atoms with E-state index in [1.807, 2.05) is 6.07 Å². The molecule has 0 saturated heterocycles. The number of nitrogens with zero attached hydrogens (tertiary/aromatic N) is 1. The van der Waals surface area contributed by atoms with Crippen molar-refractivity contribution in [3.8, 4) is 11.8 Å². The molecule has 6 heteroatoms. The Kier molecular flexibility index (Phi) is 6.19. The lowest BCUT2D eigenvalue weighted by atomic mass is 10.1. The minimum Gasteiger partial charge on any atom is -0.477 e. The van der Waals surface area contributed by atoms with Crippen molar-refractivity contribution in [1.82, 2.24) is 5.32 Å². The molecular formula is C13H17N3O3. The fourth-order valence-corrected chi connectivity index (χ4v) is 1.43. The zero-order valence-electron chi connectivity index (χ0n) is 10.8. The molecule has 1 amide bonds. The van der Waals surface area contributed by atoms with Crippen LogP contribution in [0.5, 0.6) is 5.75 Å².